The molecule has 120 valence electrons. The van der Waals surface area contributed by atoms with E-state index in [0.717, 1.165) is 22.3 Å². The maximum absolute atomic E-state index is 12.3. The van der Waals surface area contributed by atoms with Crippen LogP contribution in [0.3, 0.4) is 0 Å². The number of ether oxygens (including phenoxy) is 1. The fourth-order valence-electron chi connectivity index (χ4n) is 4.16. The number of methoxy groups -OCH3 is 1. The maximum atomic E-state index is 12.3. The molecule has 0 aromatic heterocycles. The number of aliphatic carboxylic acids is 1. The molecule has 3 unspecified atom stereocenters. The van der Waals surface area contributed by atoms with E-state index in [1.165, 1.54) is 6.92 Å². The normalized spacial score (nSPS) is 27.9. The summed E-state index contributed by atoms with van der Waals surface area (Å²) in [6.45, 7) is 7.36. The van der Waals surface area contributed by atoms with Crippen LogP contribution in [0.5, 0.6) is 0 Å². The smallest absolute Gasteiger partial charge is 0.317 e. The van der Waals surface area contributed by atoms with Crippen LogP contribution in [0.1, 0.15) is 47.9 Å². The van der Waals surface area contributed by atoms with Gasteiger partial charge in [0.05, 0.1) is 6.10 Å². The summed E-state index contributed by atoms with van der Waals surface area (Å²) in [6.07, 6.45) is 0.660. The SMILES string of the molecule is COC1CCC(C(C)=O)(C(=O)O)C1c1c(C)cc(C)cc1C. The molecule has 1 aliphatic rings. The lowest BCUT2D eigenvalue weighted by Gasteiger charge is -2.33. The van der Waals surface area contributed by atoms with Crippen LogP contribution in [-0.2, 0) is 14.3 Å². The lowest BCUT2D eigenvalue weighted by molar-refractivity contribution is -0.155. The second kappa shape index (κ2) is 5.84. The van der Waals surface area contributed by atoms with Crippen LogP contribution in [0, 0.1) is 26.2 Å². The van der Waals surface area contributed by atoms with Crippen molar-refractivity contribution in [3.63, 3.8) is 0 Å². The summed E-state index contributed by atoms with van der Waals surface area (Å²) < 4.78 is 5.56. The van der Waals surface area contributed by atoms with Crippen molar-refractivity contribution >= 4 is 11.8 Å². The van der Waals surface area contributed by atoms with Crippen LogP contribution in [0.25, 0.3) is 0 Å². The van der Waals surface area contributed by atoms with Gasteiger partial charge >= 0.3 is 5.97 Å². The Hall–Kier alpha value is -1.68. The molecule has 3 atom stereocenters. The molecular formula is C18H24O4. The van der Waals surface area contributed by atoms with E-state index in [0.29, 0.717) is 12.8 Å². The van der Waals surface area contributed by atoms with Crippen molar-refractivity contribution in [3.05, 3.63) is 34.4 Å². The number of Topliss-reactive ketones (excluding diaryl/α,β-unsaturated/α-hetero) is 1. The second-order valence-electron chi connectivity index (χ2n) is 6.44. The number of carboxylic acid groups (broad SMARTS) is 1. The van der Waals surface area contributed by atoms with Gasteiger partial charge in [-0.2, -0.15) is 0 Å². The molecule has 1 aliphatic carbocycles. The van der Waals surface area contributed by atoms with E-state index in [1.54, 1.807) is 7.11 Å². The number of aryl methyl sites for hydroxylation is 3. The lowest BCUT2D eigenvalue weighted by Crippen LogP contribution is -2.43. The predicted octanol–water partition coefficient (Wildman–Crippen LogP) is 3.16. The largest absolute Gasteiger partial charge is 0.480 e. The van der Waals surface area contributed by atoms with Crippen LogP contribution in [0.2, 0.25) is 0 Å². The molecule has 0 saturated heterocycles. The summed E-state index contributed by atoms with van der Waals surface area (Å²) in [5, 5.41) is 9.84. The highest BCUT2D eigenvalue weighted by Gasteiger charge is 2.58. The average molecular weight is 304 g/mol. The molecular weight excluding hydrogens is 280 g/mol. The summed E-state index contributed by atoms with van der Waals surface area (Å²) in [7, 11) is 1.59. The van der Waals surface area contributed by atoms with Gasteiger partial charge in [-0.3, -0.25) is 9.59 Å². The van der Waals surface area contributed by atoms with Gasteiger partial charge in [0, 0.05) is 13.0 Å². The molecule has 1 saturated carbocycles. The summed E-state index contributed by atoms with van der Waals surface area (Å²) >= 11 is 0. The van der Waals surface area contributed by atoms with E-state index < -0.39 is 17.3 Å². The standard InChI is InChI=1S/C18H24O4/c1-10-8-11(2)15(12(3)9-10)16-14(22-5)6-7-18(16,13(4)19)17(20)21/h8-9,14,16H,6-7H2,1-5H3,(H,20,21). The first kappa shape index (κ1) is 16.7. The molecule has 0 heterocycles. The summed E-state index contributed by atoms with van der Waals surface area (Å²) in [5.41, 5.74) is 2.75. The minimum Gasteiger partial charge on any atom is -0.480 e. The quantitative estimate of drug-likeness (QED) is 0.868. The van der Waals surface area contributed by atoms with Gasteiger partial charge in [-0.1, -0.05) is 17.7 Å². The third-order valence-electron chi connectivity index (χ3n) is 5.09. The number of hydrogen-bond acceptors (Lipinski definition) is 3. The average Bonchev–Trinajstić information content (AvgIpc) is 2.78. The Labute approximate surface area is 131 Å². The first-order valence-electron chi connectivity index (χ1n) is 7.60. The van der Waals surface area contributed by atoms with Gasteiger partial charge < -0.3 is 9.84 Å². The molecule has 22 heavy (non-hydrogen) atoms. The zero-order valence-corrected chi connectivity index (χ0v) is 13.9. The molecule has 1 aromatic rings. The van der Waals surface area contributed by atoms with Gasteiger partial charge in [-0.05, 0) is 57.2 Å². The number of carbonyl (C=O) groups is 2. The topological polar surface area (TPSA) is 63.6 Å². The first-order chi connectivity index (χ1) is 10.3. The van der Waals surface area contributed by atoms with Crippen molar-refractivity contribution in [3.8, 4) is 0 Å². The third kappa shape index (κ3) is 2.35. The Kier molecular flexibility index (Phi) is 4.43. The minimum atomic E-state index is -1.38. The van der Waals surface area contributed by atoms with Crippen molar-refractivity contribution < 1.29 is 19.4 Å². The predicted molar refractivity (Wildman–Crippen MR) is 84.2 cm³/mol. The number of hydrogen-bond donors (Lipinski definition) is 1. The fraction of sp³-hybridized carbons (Fsp3) is 0.556. The van der Waals surface area contributed by atoms with E-state index in [2.05, 4.69) is 0 Å². The molecule has 4 nitrogen and oxygen atoms in total. The van der Waals surface area contributed by atoms with Gasteiger partial charge in [0.1, 0.15) is 11.2 Å². The summed E-state index contributed by atoms with van der Waals surface area (Å²) in [5.74, 6) is -1.76. The Morgan fingerprint density at radius 3 is 2.18 bits per heavy atom. The first-order valence-corrected chi connectivity index (χ1v) is 7.60. The number of benzene rings is 1. The van der Waals surface area contributed by atoms with E-state index in [-0.39, 0.29) is 11.9 Å². The molecule has 0 radical (unpaired) electrons. The Morgan fingerprint density at radius 1 is 1.23 bits per heavy atom. The molecule has 1 aromatic carbocycles. The number of carbonyl (C=O) groups excluding carboxylic acids is 1. The van der Waals surface area contributed by atoms with Crippen LogP contribution < -0.4 is 0 Å². The molecule has 0 amide bonds. The molecule has 0 spiro atoms. The second-order valence-corrected chi connectivity index (χ2v) is 6.44. The van der Waals surface area contributed by atoms with E-state index in [4.69, 9.17) is 4.74 Å². The number of rotatable bonds is 4. The lowest BCUT2D eigenvalue weighted by atomic mass is 9.69. The molecule has 4 heteroatoms. The van der Waals surface area contributed by atoms with Crippen molar-refractivity contribution in [1.82, 2.24) is 0 Å². The Bertz CT molecular complexity index is 581. The van der Waals surface area contributed by atoms with Crippen LogP contribution in [0.15, 0.2) is 12.1 Å². The van der Waals surface area contributed by atoms with Crippen molar-refractivity contribution in [2.45, 2.75) is 52.6 Å². The number of carboxylic acids is 1. The number of ketones is 1. The van der Waals surface area contributed by atoms with Crippen LogP contribution in [-0.4, -0.2) is 30.1 Å². The van der Waals surface area contributed by atoms with Gasteiger partial charge in [-0.25, -0.2) is 0 Å². The molecule has 0 bridgehead atoms. The molecule has 1 N–H and O–H groups in total. The minimum absolute atomic E-state index is 0.250. The Balaban J connectivity index is 2.71. The van der Waals surface area contributed by atoms with Crippen LogP contribution in [0.4, 0.5) is 0 Å². The van der Waals surface area contributed by atoms with Crippen molar-refractivity contribution in [1.29, 1.82) is 0 Å². The van der Waals surface area contributed by atoms with Crippen molar-refractivity contribution in [2.24, 2.45) is 5.41 Å². The van der Waals surface area contributed by atoms with E-state index in [1.807, 2.05) is 32.9 Å². The zero-order valence-electron chi connectivity index (χ0n) is 13.9. The van der Waals surface area contributed by atoms with Gasteiger partial charge in [-0.15, -0.1) is 0 Å². The van der Waals surface area contributed by atoms with E-state index >= 15 is 0 Å². The third-order valence-corrected chi connectivity index (χ3v) is 5.09. The molecule has 1 fully saturated rings. The van der Waals surface area contributed by atoms with Gasteiger partial charge in [0.2, 0.25) is 0 Å². The highest BCUT2D eigenvalue weighted by atomic mass is 16.5. The monoisotopic (exact) mass is 304 g/mol. The van der Waals surface area contributed by atoms with E-state index in [9.17, 15) is 14.7 Å². The highest BCUT2D eigenvalue weighted by molar-refractivity contribution is 6.03. The Morgan fingerprint density at radius 2 is 1.77 bits per heavy atom. The van der Waals surface area contributed by atoms with Crippen molar-refractivity contribution in [2.75, 3.05) is 7.11 Å². The van der Waals surface area contributed by atoms with Crippen LogP contribution >= 0.6 is 0 Å². The molecule has 2 rings (SSSR count). The van der Waals surface area contributed by atoms with Gasteiger partial charge in [0.15, 0.2) is 0 Å². The summed E-state index contributed by atoms with van der Waals surface area (Å²) in [6, 6.07) is 4.08. The zero-order chi connectivity index (χ0) is 16.7. The summed E-state index contributed by atoms with van der Waals surface area (Å²) in [4.78, 5) is 24.3. The van der Waals surface area contributed by atoms with Gasteiger partial charge in [0.25, 0.3) is 0 Å². The highest BCUT2D eigenvalue weighted by Crippen LogP contribution is 2.53. The maximum Gasteiger partial charge on any atom is 0.317 e. The fourth-order valence-corrected chi connectivity index (χ4v) is 4.16. The molecule has 0 aliphatic heterocycles.